The van der Waals surface area contributed by atoms with Crippen LogP contribution in [0.2, 0.25) is 0 Å². The van der Waals surface area contributed by atoms with Gasteiger partial charge in [0.2, 0.25) is 5.91 Å². The SMILES string of the molecule is CCCNC(=O)Cn1cc(-c2ccc(Br)cc2)cn1. The molecule has 2 aromatic rings. The molecule has 5 heteroatoms. The molecule has 0 bridgehead atoms. The first-order valence-electron chi connectivity index (χ1n) is 6.24. The van der Waals surface area contributed by atoms with Crippen LogP contribution in [0.3, 0.4) is 0 Å². The summed E-state index contributed by atoms with van der Waals surface area (Å²) >= 11 is 3.41. The number of carbonyl (C=O) groups is 1. The molecule has 0 radical (unpaired) electrons. The van der Waals surface area contributed by atoms with Gasteiger partial charge in [0.1, 0.15) is 6.54 Å². The smallest absolute Gasteiger partial charge is 0.241 e. The molecule has 1 heterocycles. The first kappa shape index (κ1) is 13.8. The number of carbonyl (C=O) groups excluding carboxylic acids is 1. The van der Waals surface area contributed by atoms with E-state index in [-0.39, 0.29) is 12.5 Å². The number of rotatable bonds is 5. The Morgan fingerprint density at radius 1 is 1.32 bits per heavy atom. The quantitative estimate of drug-likeness (QED) is 0.920. The van der Waals surface area contributed by atoms with Gasteiger partial charge in [0, 0.05) is 22.8 Å². The maximum atomic E-state index is 11.6. The lowest BCUT2D eigenvalue weighted by atomic mass is 10.1. The maximum Gasteiger partial charge on any atom is 0.241 e. The van der Waals surface area contributed by atoms with Crippen LogP contribution in [0, 0.1) is 0 Å². The van der Waals surface area contributed by atoms with Crippen LogP contribution in [-0.2, 0) is 11.3 Å². The van der Waals surface area contributed by atoms with E-state index in [9.17, 15) is 4.79 Å². The van der Waals surface area contributed by atoms with Crippen molar-refractivity contribution in [3.05, 3.63) is 41.1 Å². The van der Waals surface area contributed by atoms with Gasteiger partial charge < -0.3 is 5.32 Å². The monoisotopic (exact) mass is 321 g/mol. The van der Waals surface area contributed by atoms with Crippen LogP contribution < -0.4 is 5.32 Å². The van der Waals surface area contributed by atoms with Crippen molar-refractivity contribution in [3.8, 4) is 11.1 Å². The van der Waals surface area contributed by atoms with Crippen LogP contribution in [-0.4, -0.2) is 22.2 Å². The number of nitrogens with one attached hydrogen (secondary N) is 1. The van der Waals surface area contributed by atoms with E-state index in [1.807, 2.05) is 37.4 Å². The van der Waals surface area contributed by atoms with Gasteiger partial charge in [0.25, 0.3) is 0 Å². The highest BCUT2D eigenvalue weighted by molar-refractivity contribution is 9.10. The zero-order valence-electron chi connectivity index (χ0n) is 10.8. The molecule has 100 valence electrons. The number of halogens is 1. The highest BCUT2D eigenvalue weighted by Crippen LogP contribution is 2.20. The van der Waals surface area contributed by atoms with Crippen LogP contribution in [0.4, 0.5) is 0 Å². The maximum absolute atomic E-state index is 11.6. The number of amides is 1. The Bertz CT molecular complexity index is 548. The third-order valence-electron chi connectivity index (χ3n) is 2.69. The molecule has 1 aromatic heterocycles. The molecule has 0 spiro atoms. The van der Waals surface area contributed by atoms with Gasteiger partial charge in [-0.25, -0.2) is 0 Å². The normalized spacial score (nSPS) is 10.4. The van der Waals surface area contributed by atoms with E-state index in [4.69, 9.17) is 0 Å². The van der Waals surface area contributed by atoms with Crippen molar-refractivity contribution in [2.75, 3.05) is 6.54 Å². The summed E-state index contributed by atoms with van der Waals surface area (Å²) in [6.45, 7) is 3.00. The second-order valence-electron chi connectivity index (χ2n) is 4.28. The van der Waals surface area contributed by atoms with E-state index in [2.05, 4.69) is 26.3 Å². The van der Waals surface area contributed by atoms with Gasteiger partial charge in [-0.05, 0) is 24.1 Å². The Morgan fingerprint density at radius 3 is 2.74 bits per heavy atom. The zero-order valence-corrected chi connectivity index (χ0v) is 12.4. The second-order valence-corrected chi connectivity index (χ2v) is 5.20. The van der Waals surface area contributed by atoms with Crippen molar-refractivity contribution in [1.29, 1.82) is 0 Å². The molecule has 1 aromatic carbocycles. The van der Waals surface area contributed by atoms with Gasteiger partial charge in [-0.15, -0.1) is 0 Å². The van der Waals surface area contributed by atoms with E-state index in [0.717, 1.165) is 22.0 Å². The largest absolute Gasteiger partial charge is 0.355 e. The molecule has 1 N–H and O–H groups in total. The van der Waals surface area contributed by atoms with Crippen molar-refractivity contribution in [3.63, 3.8) is 0 Å². The summed E-state index contributed by atoms with van der Waals surface area (Å²) in [4.78, 5) is 11.6. The van der Waals surface area contributed by atoms with Crippen LogP contribution in [0.25, 0.3) is 11.1 Å². The average Bonchev–Trinajstić information content (AvgIpc) is 2.85. The third kappa shape index (κ3) is 3.92. The lowest BCUT2D eigenvalue weighted by Gasteiger charge is -2.03. The van der Waals surface area contributed by atoms with Gasteiger partial charge in [0.15, 0.2) is 0 Å². The van der Waals surface area contributed by atoms with Gasteiger partial charge in [-0.3, -0.25) is 9.48 Å². The Balaban J connectivity index is 2.02. The molecule has 0 aliphatic carbocycles. The molecule has 0 aliphatic heterocycles. The predicted octanol–water partition coefficient (Wildman–Crippen LogP) is 2.84. The number of benzene rings is 1. The summed E-state index contributed by atoms with van der Waals surface area (Å²) in [7, 11) is 0. The van der Waals surface area contributed by atoms with Crippen LogP contribution in [0.15, 0.2) is 41.1 Å². The summed E-state index contributed by atoms with van der Waals surface area (Å²) in [5, 5.41) is 7.04. The van der Waals surface area contributed by atoms with Crippen LogP contribution in [0.5, 0.6) is 0 Å². The molecule has 2 rings (SSSR count). The minimum atomic E-state index is -0.00712. The van der Waals surface area contributed by atoms with Gasteiger partial charge in [0.05, 0.1) is 6.20 Å². The molecule has 0 aliphatic rings. The Morgan fingerprint density at radius 2 is 2.05 bits per heavy atom. The zero-order chi connectivity index (χ0) is 13.7. The first-order chi connectivity index (χ1) is 9.19. The molecule has 0 unspecified atom stereocenters. The van der Waals surface area contributed by atoms with E-state index in [1.54, 1.807) is 10.9 Å². The summed E-state index contributed by atoms with van der Waals surface area (Å²) in [6, 6.07) is 8.01. The van der Waals surface area contributed by atoms with E-state index in [1.165, 1.54) is 0 Å². The number of hydrogen-bond donors (Lipinski definition) is 1. The van der Waals surface area contributed by atoms with Gasteiger partial charge >= 0.3 is 0 Å². The van der Waals surface area contributed by atoms with Crippen molar-refractivity contribution < 1.29 is 4.79 Å². The van der Waals surface area contributed by atoms with Crippen LogP contribution >= 0.6 is 15.9 Å². The number of hydrogen-bond acceptors (Lipinski definition) is 2. The highest BCUT2D eigenvalue weighted by atomic mass is 79.9. The predicted molar refractivity (Wildman–Crippen MR) is 78.7 cm³/mol. The first-order valence-corrected chi connectivity index (χ1v) is 7.03. The third-order valence-corrected chi connectivity index (χ3v) is 3.22. The molecule has 0 atom stereocenters. The molecular weight excluding hydrogens is 306 g/mol. The molecule has 4 nitrogen and oxygen atoms in total. The summed E-state index contributed by atoms with van der Waals surface area (Å²) < 4.78 is 2.70. The van der Waals surface area contributed by atoms with Crippen molar-refractivity contribution in [2.24, 2.45) is 0 Å². The standard InChI is InChI=1S/C14H16BrN3O/c1-2-7-16-14(19)10-18-9-12(8-17-18)11-3-5-13(15)6-4-11/h3-6,8-9H,2,7,10H2,1H3,(H,16,19). The molecule has 19 heavy (non-hydrogen) atoms. The number of aromatic nitrogens is 2. The molecular formula is C14H16BrN3O. The molecule has 0 saturated carbocycles. The van der Waals surface area contributed by atoms with Gasteiger partial charge in [-0.2, -0.15) is 5.10 Å². The highest BCUT2D eigenvalue weighted by Gasteiger charge is 2.05. The average molecular weight is 322 g/mol. The lowest BCUT2D eigenvalue weighted by Crippen LogP contribution is -2.28. The summed E-state index contributed by atoms with van der Waals surface area (Å²) in [5.41, 5.74) is 2.10. The second kappa shape index (κ2) is 6.52. The Kier molecular flexibility index (Phi) is 4.74. The van der Waals surface area contributed by atoms with Crippen molar-refractivity contribution in [1.82, 2.24) is 15.1 Å². The fourth-order valence-corrected chi connectivity index (χ4v) is 1.97. The molecule has 0 fully saturated rings. The number of nitrogens with zero attached hydrogens (tertiary/aromatic N) is 2. The lowest BCUT2D eigenvalue weighted by molar-refractivity contribution is -0.121. The van der Waals surface area contributed by atoms with Crippen LogP contribution in [0.1, 0.15) is 13.3 Å². The fourth-order valence-electron chi connectivity index (χ4n) is 1.71. The summed E-state index contributed by atoms with van der Waals surface area (Å²) in [5.74, 6) is -0.00712. The van der Waals surface area contributed by atoms with Crippen molar-refractivity contribution >= 4 is 21.8 Å². The Hall–Kier alpha value is -1.62. The molecule has 1 amide bonds. The van der Waals surface area contributed by atoms with Gasteiger partial charge in [-0.1, -0.05) is 35.0 Å². The fraction of sp³-hybridized carbons (Fsp3) is 0.286. The van der Waals surface area contributed by atoms with E-state index in [0.29, 0.717) is 6.54 Å². The summed E-state index contributed by atoms with van der Waals surface area (Å²) in [6.07, 6.45) is 4.60. The topological polar surface area (TPSA) is 46.9 Å². The minimum Gasteiger partial charge on any atom is -0.355 e. The van der Waals surface area contributed by atoms with E-state index >= 15 is 0 Å². The minimum absolute atomic E-state index is 0.00712. The van der Waals surface area contributed by atoms with E-state index < -0.39 is 0 Å². The van der Waals surface area contributed by atoms with Crippen molar-refractivity contribution in [2.45, 2.75) is 19.9 Å². The molecule has 0 saturated heterocycles. The Labute approximate surface area is 120 Å².